The first-order valence-electron chi connectivity index (χ1n) is 9.96. The number of aromatic hydroxyl groups is 2. The number of allylic oxidation sites excluding steroid dienone is 2. The van der Waals surface area contributed by atoms with Crippen molar-refractivity contribution in [3.63, 3.8) is 0 Å². The second-order valence-electron chi connectivity index (χ2n) is 8.77. The van der Waals surface area contributed by atoms with Crippen LogP contribution in [0.4, 0.5) is 0 Å². The van der Waals surface area contributed by atoms with Crippen LogP contribution in [-0.2, 0) is 19.9 Å². The van der Waals surface area contributed by atoms with E-state index < -0.39 is 0 Å². The molecule has 5 heteroatoms. The Labute approximate surface area is 169 Å². The third-order valence-electron chi connectivity index (χ3n) is 5.82. The SMILES string of the molecule is CC(C)=CCc1c2c(c3c(c1O)c(=O)c1cccc(O)c1n3C)CCC(C)(C)O2. The number of aryl methyl sites for hydroxylation is 2. The van der Waals surface area contributed by atoms with Crippen LogP contribution in [0.5, 0.6) is 17.2 Å². The first-order valence-corrected chi connectivity index (χ1v) is 9.96. The summed E-state index contributed by atoms with van der Waals surface area (Å²) in [6, 6.07) is 4.91. The van der Waals surface area contributed by atoms with Gasteiger partial charge in [-0.1, -0.05) is 17.7 Å². The van der Waals surface area contributed by atoms with Gasteiger partial charge in [-0.3, -0.25) is 4.79 Å². The lowest BCUT2D eigenvalue weighted by molar-refractivity contribution is 0.0836. The maximum atomic E-state index is 13.4. The summed E-state index contributed by atoms with van der Waals surface area (Å²) in [7, 11) is 1.82. The van der Waals surface area contributed by atoms with Crippen LogP contribution in [0.25, 0.3) is 21.8 Å². The third-order valence-corrected chi connectivity index (χ3v) is 5.82. The zero-order chi connectivity index (χ0) is 21.1. The van der Waals surface area contributed by atoms with Crippen LogP contribution >= 0.6 is 0 Å². The predicted octanol–water partition coefficient (Wildman–Crippen LogP) is 4.72. The van der Waals surface area contributed by atoms with Gasteiger partial charge in [0.15, 0.2) is 0 Å². The van der Waals surface area contributed by atoms with Crippen LogP contribution in [-0.4, -0.2) is 20.4 Å². The van der Waals surface area contributed by atoms with Crippen molar-refractivity contribution in [2.45, 2.75) is 52.6 Å². The molecule has 152 valence electrons. The molecule has 29 heavy (non-hydrogen) atoms. The molecule has 5 nitrogen and oxygen atoms in total. The summed E-state index contributed by atoms with van der Waals surface area (Å²) in [5.41, 5.74) is 3.17. The van der Waals surface area contributed by atoms with Crippen LogP contribution in [0.1, 0.15) is 45.2 Å². The Morgan fingerprint density at radius 3 is 2.66 bits per heavy atom. The molecule has 0 radical (unpaired) electrons. The Kier molecular flexibility index (Phi) is 4.37. The summed E-state index contributed by atoms with van der Waals surface area (Å²) in [5, 5.41) is 22.4. The number of pyridine rings is 1. The molecular weight excluding hydrogens is 366 g/mol. The van der Waals surface area contributed by atoms with Gasteiger partial charge in [-0.25, -0.2) is 0 Å². The van der Waals surface area contributed by atoms with Crippen molar-refractivity contribution in [2.24, 2.45) is 7.05 Å². The zero-order valence-corrected chi connectivity index (χ0v) is 17.6. The second kappa shape index (κ2) is 6.55. The molecule has 0 amide bonds. The number of nitrogens with zero attached hydrogens (tertiary/aromatic N) is 1. The molecule has 0 unspecified atom stereocenters. The number of phenols is 2. The summed E-state index contributed by atoms with van der Waals surface area (Å²) in [6.07, 6.45) is 4.05. The van der Waals surface area contributed by atoms with Gasteiger partial charge in [0.1, 0.15) is 22.8 Å². The Balaban J connectivity index is 2.22. The molecule has 0 spiro atoms. The highest BCUT2D eigenvalue weighted by atomic mass is 16.5. The van der Waals surface area contributed by atoms with E-state index in [1.54, 1.807) is 18.2 Å². The highest BCUT2D eigenvalue weighted by molar-refractivity contribution is 6.01. The minimum Gasteiger partial charge on any atom is -0.507 e. The lowest BCUT2D eigenvalue weighted by Gasteiger charge is -2.35. The highest BCUT2D eigenvalue weighted by Gasteiger charge is 2.33. The van der Waals surface area contributed by atoms with Crippen LogP contribution < -0.4 is 10.2 Å². The monoisotopic (exact) mass is 393 g/mol. The van der Waals surface area contributed by atoms with Crippen LogP contribution in [0.15, 0.2) is 34.6 Å². The van der Waals surface area contributed by atoms with Gasteiger partial charge in [0.2, 0.25) is 5.43 Å². The standard InChI is InChI=1S/C24H27NO4/c1-13(2)9-10-16-22(28)18-20(15-11-12-24(3,4)29-23(15)16)25(5)19-14(21(18)27)7-6-8-17(19)26/h6-9,26,28H,10-12H2,1-5H3. The molecule has 1 aliphatic heterocycles. The van der Waals surface area contributed by atoms with E-state index in [2.05, 4.69) is 0 Å². The predicted molar refractivity (Wildman–Crippen MR) is 116 cm³/mol. The molecule has 3 aromatic rings. The van der Waals surface area contributed by atoms with E-state index in [9.17, 15) is 15.0 Å². The van der Waals surface area contributed by atoms with Gasteiger partial charge >= 0.3 is 0 Å². The van der Waals surface area contributed by atoms with Gasteiger partial charge in [0.05, 0.1) is 21.8 Å². The smallest absolute Gasteiger partial charge is 0.201 e. The molecule has 2 N–H and O–H groups in total. The molecule has 1 aliphatic rings. The Morgan fingerprint density at radius 2 is 1.97 bits per heavy atom. The number of hydrogen-bond acceptors (Lipinski definition) is 4. The summed E-state index contributed by atoms with van der Waals surface area (Å²) in [5.74, 6) is 0.677. The Morgan fingerprint density at radius 1 is 1.24 bits per heavy atom. The summed E-state index contributed by atoms with van der Waals surface area (Å²) >= 11 is 0. The number of para-hydroxylation sites is 1. The molecule has 0 atom stereocenters. The molecule has 0 aliphatic carbocycles. The normalized spacial score (nSPS) is 15.2. The van der Waals surface area contributed by atoms with Crippen molar-refractivity contribution in [2.75, 3.05) is 0 Å². The van der Waals surface area contributed by atoms with E-state index >= 15 is 0 Å². The van der Waals surface area contributed by atoms with Crippen LogP contribution in [0, 0.1) is 0 Å². The van der Waals surface area contributed by atoms with Crippen molar-refractivity contribution in [3.05, 3.63) is 51.2 Å². The van der Waals surface area contributed by atoms with Gasteiger partial charge in [0, 0.05) is 18.2 Å². The first kappa shape index (κ1) is 19.4. The number of ether oxygens (including phenoxy) is 1. The van der Waals surface area contributed by atoms with Crippen molar-refractivity contribution in [3.8, 4) is 17.2 Å². The summed E-state index contributed by atoms with van der Waals surface area (Å²) < 4.78 is 8.15. The lowest BCUT2D eigenvalue weighted by atomic mass is 9.88. The topological polar surface area (TPSA) is 71.7 Å². The van der Waals surface area contributed by atoms with E-state index in [0.717, 1.165) is 24.0 Å². The van der Waals surface area contributed by atoms with Crippen molar-refractivity contribution < 1.29 is 14.9 Å². The molecule has 0 fully saturated rings. The Bertz CT molecular complexity index is 1240. The quantitative estimate of drug-likeness (QED) is 0.488. The number of rotatable bonds is 2. The number of fused-ring (bicyclic) bond motifs is 4. The van der Waals surface area contributed by atoms with Crippen molar-refractivity contribution >= 4 is 21.8 Å². The molecule has 0 saturated carbocycles. The maximum Gasteiger partial charge on any atom is 0.201 e. The minimum absolute atomic E-state index is 0.0280. The van der Waals surface area contributed by atoms with Crippen LogP contribution in [0.3, 0.4) is 0 Å². The van der Waals surface area contributed by atoms with E-state index in [-0.39, 0.29) is 22.5 Å². The summed E-state index contributed by atoms with van der Waals surface area (Å²) in [4.78, 5) is 13.4. The number of hydrogen-bond donors (Lipinski definition) is 2. The average Bonchev–Trinajstić information content (AvgIpc) is 2.63. The van der Waals surface area contributed by atoms with Crippen molar-refractivity contribution in [1.82, 2.24) is 4.57 Å². The fraction of sp³-hybridized carbons (Fsp3) is 0.375. The van der Waals surface area contributed by atoms with E-state index in [0.29, 0.717) is 39.5 Å². The van der Waals surface area contributed by atoms with Crippen molar-refractivity contribution in [1.29, 1.82) is 0 Å². The number of phenolic OH excluding ortho intramolecular Hbond substituents is 2. The second-order valence-corrected chi connectivity index (χ2v) is 8.77. The zero-order valence-electron chi connectivity index (χ0n) is 17.6. The highest BCUT2D eigenvalue weighted by Crippen LogP contribution is 2.46. The van der Waals surface area contributed by atoms with Gasteiger partial charge in [0.25, 0.3) is 0 Å². The van der Waals surface area contributed by atoms with Gasteiger partial charge in [-0.15, -0.1) is 0 Å². The molecule has 0 saturated heterocycles. The fourth-order valence-corrected chi connectivity index (χ4v) is 4.31. The van der Waals surface area contributed by atoms with Crippen LogP contribution in [0.2, 0.25) is 0 Å². The van der Waals surface area contributed by atoms with Gasteiger partial charge in [-0.2, -0.15) is 0 Å². The molecule has 1 aromatic heterocycles. The van der Waals surface area contributed by atoms with Gasteiger partial charge < -0.3 is 19.5 Å². The largest absolute Gasteiger partial charge is 0.507 e. The fourth-order valence-electron chi connectivity index (χ4n) is 4.31. The molecule has 0 bridgehead atoms. The van der Waals surface area contributed by atoms with E-state index in [4.69, 9.17) is 4.74 Å². The van der Waals surface area contributed by atoms with Gasteiger partial charge in [-0.05, 0) is 59.1 Å². The maximum absolute atomic E-state index is 13.4. The molecule has 2 heterocycles. The molecule has 4 rings (SSSR count). The number of aromatic nitrogens is 1. The molecule has 2 aromatic carbocycles. The molecular formula is C24H27NO4. The third kappa shape index (κ3) is 2.96. The van der Waals surface area contributed by atoms with E-state index in [1.165, 1.54) is 0 Å². The first-order chi connectivity index (χ1) is 13.6. The number of benzene rings is 2. The minimum atomic E-state index is -0.356. The lowest BCUT2D eigenvalue weighted by Crippen LogP contribution is -2.33. The Hall–Kier alpha value is -2.95. The average molecular weight is 393 g/mol. The van der Waals surface area contributed by atoms with E-state index in [1.807, 2.05) is 45.4 Å². The summed E-state index contributed by atoms with van der Waals surface area (Å²) in [6.45, 7) is 8.08.